The lowest BCUT2D eigenvalue weighted by atomic mass is 9.96. The molecule has 1 aromatic carbocycles. The molecule has 0 fully saturated rings. The molecule has 0 bridgehead atoms. The van der Waals surface area contributed by atoms with E-state index in [1.54, 1.807) is 4.52 Å². The Balaban J connectivity index is 1.97. The number of anilines is 1. The van der Waals surface area contributed by atoms with Crippen LogP contribution in [0, 0.1) is 12.3 Å². The van der Waals surface area contributed by atoms with Crippen molar-refractivity contribution >= 4 is 27.3 Å². The Morgan fingerprint density at radius 3 is 2.73 bits per heavy atom. The molecule has 0 aliphatic heterocycles. The van der Waals surface area contributed by atoms with Crippen LogP contribution in [0.2, 0.25) is 0 Å². The highest BCUT2D eigenvalue weighted by molar-refractivity contribution is 7.20. The second-order valence-electron chi connectivity index (χ2n) is 6.20. The van der Waals surface area contributed by atoms with E-state index in [1.165, 1.54) is 11.3 Å². The van der Waals surface area contributed by atoms with Gasteiger partial charge < -0.3 is 5.32 Å². The SMILES string of the molecule is Cc1cccc(-c2nnc3sc(NC(=O)C(C)(C)C)nn23)c1. The molecule has 0 aliphatic carbocycles. The number of aromatic nitrogens is 4. The number of nitrogens with zero attached hydrogens (tertiary/aromatic N) is 4. The van der Waals surface area contributed by atoms with Crippen molar-refractivity contribution in [2.75, 3.05) is 5.32 Å². The number of amides is 1. The Morgan fingerprint density at radius 1 is 1.27 bits per heavy atom. The Bertz CT molecular complexity index is 843. The van der Waals surface area contributed by atoms with E-state index in [4.69, 9.17) is 0 Å². The Labute approximate surface area is 132 Å². The van der Waals surface area contributed by atoms with Crippen molar-refractivity contribution in [3.63, 3.8) is 0 Å². The monoisotopic (exact) mass is 315 g/mol. The van der Waals surface area contributed by atoms with E-state index in [-0.39, 0.29) is 5.91 Å². The van der Waals surface area contributed by atoms with Crippen LogP contribution >= 0.6 is 11.3 Å². The molecule has 3 aromatic rings. The van der Waals surface area contributed by atoms with Crippen LogP contribution in [0.5, 0.6) is 0 Å². The van der Waals surface area contributed by atoms with Gasteiger partial charge in [0.25, 0.3) is 0 Å². The van der Waals surface area contributed by atoms with E-state index < -0.39 is 5.41 Å². The lowest BCUT2D eigenvalue weighted by molar-refractivity contribution is -0.123. The molecule has 6 nitrogen and oxygen atoms in total. The number of hydrogen-bond donors (Lipinski definition) is 1. The van der Waals surface area contributed by atoms with E-state index in [0.717, 1.165) is 11.1 Å². The average Bonchev–Trinajstić information content (AvgIpc) is 2.97. The topological polar surface area (TPSA) is 72.2 Å². The fraction of sp³-hybridized carbons (Fsp3) is 0.333. The highest BCUT2D eigenvalue weighted by Crippen LogP contribution is 2.26. The van der Waals surface area contributed by atoms with Gasteiger partial charge in [0.15, 0.2) is 5.82 Å². The predicted molar refractivity (Wildman–Crippen MR) is 86.9 cm³/mol. The van der Waals surface area contributed by atoms with E-state index in [0.29, 0.717) is 15.9 Å². The van der Waals surface area contributed by atoms with Gasteiger partial charge in [-0.3, -0.25) is 4.79 Å². The normalized spacial score (nSPS) is 11.8. The van der Waals surface area contributed by atoms with E-state index in [2.05, 4.69) is 20.6 Å². The number of aryl methyl sites for hydroxylation is 1. The van der Waals surface area contributed by atoms with E-state index in [1.807, 2.05) is 52.0 Å². The Morgan fingerprint density at radius 2 is 2.05 bits per heavy atom. The van der Waals surface area contributed by atoms with Gasteiger partial charge in [-0.05, 0) is 13.0 Å². The van der Waals surface area contributed by atoms with Gasteiger partial charge in [-0.15, -0.1) is 15.3 Å². The minimum absolute atomic E-state index is 0.0745. The maximum atomic E-state index is 12.0. The van der Waals surface area contributed by atoms with Crippen LogP contribution in [0.1, 0.15) is 26.3 Å². The van der Waals surface area contributed by atoms with Gasteiger partial charge in [0.2, 0.25) is 16.0 Å². The number of hydrogen-bond acceptors (Lipinski definition) is 5. The summed E-state index contributed by atoms with van der Waals surface area (Å²) in [4.78, 5) is 12.7. The minimum Gasteiger partial charge on any atom is -0.300 e. The molecule has 0 radical (unpaired) electrons. The van der Waals surface area contributed by atoms with E-state index in [9.17, 15) is 4.79 Å². The number of benzene rings is 1. The number of carbonyl (C=O) groups is 1. The van der Waals surface area contributed by atoms with Crippen LogP contribution in [-0.2, 0) is 4.79 Å². The summed E-state index contributed by atoms with van der Waals surface area (Å²) in [6.07, 6.45) is 0. The van der Waals surface area contributed by atoms with Gasteiger partial charge in [-0.1, -0.05) is 55.9 Å². The molecule has 0 spiro atoms. The zero-order valence-corrected chi connectivity index (χ0v) is 13.7. The molecule has 2 aromatic heterocycles. The molecule has 0 saturated heterocycles. The van der Waals surface area contributed by atoms with Crippen molar-refractivity contribution in [1.29, 1.82) is 0 Å². The summed E-state index contributed by atoms with van der Waals surface area (Å²) in [5.74, 6) is 0.598. The van der Waals surface area contributed by atoms with Gasteiger partial charge in [-0.25, -0.2) is 0 Å². The third-order valence-corrected chi connectivity index (χ3v) is 3.98. The second kappa shape index (κ2) is 5.17. The third kappa shape index (κ3) is 2.71. The Kier molecular flexibility index (Phi) is 3.44. The van der Waals surface area contributed by atoms with Crippen LogP contribution in [0.3, 0.4) is 0 Å². The lowest BCUT2D eigenvalue weighted by Crippen LogP contribution is -2.27. The molecule has 22 heavy (non-hydrogen) atoms. The van der Waals surface area contributed by atoms with Crippen LogP contribution < -0.4 is 5.32 Å². The van der Waals surface area contributed by atoms with Crippen molar-refractivity contribution in [2.24, 2.45) is 5.41 Å². The lowest BCUT2D eigenvalue weighted by Gasteiger charge is -2.15. The summed E-state index contributed by atoms with van der Waals surface area (Å²) in [5, 5.41) is 16.1. The number of fused-ring (bicyclic) bond motifs is 1. The van der Waals surface area contributed by atoms with Crippen LogP contribution in [0.4, 0.5) is 5.13 Å². The van der Waals surface area contributed by atoms with Crippen LogP contribution in [0.15, 0.2) is 24.3 Å². The highest BCUT2D eigenvalue weighted by atomic mass is 32.1. The first-order chi connectivity index (χ1) is 10.3. The summed E-state index contributed by atoms with van der Waals surface area (Å²) >= 11 is 1.31. The Hall–Kier alpha value is -2.28. The van der Waals surface area contributed by atoms with Gasteiger partial charge in [0.1, 0.15) is 0 Å². The summed E-state index contributed by atoms with van der Waals surface area (Å²) < 4.78 is 1.66. The molecule has 1 amide bonds. The zero-order chi connectivity index (χ0) is 15.9. The molecule has 3 rings (SSSR count). The molecule has 7 heteroatoms. The molecule has 1 N–H and O–H groups in total. The quantitative estimate of drug-likeness (QED) is 0.788. The molecular formula is C15H17N5OS. The summed E-state index contributed by atoms with van der Waals surface area (Å²) in [5.41, 5.74) is 1.63. The van der Waals surface area contributed by atoms with Gasteiger partial charge in [0, 0.05) is 11.0 Å². The minimum atomic E-state index is -0.467. The molecule has 0 unspecified atom stereocenters. The number of nitrogens with one attached hydrogen (secondary N) is 1. The maximum Gasteiger partial charge on any atom is 0.236 e. The highest BCUT2D eigenvalue weighted by Gasteiger charge is 2.23. The first-order valence-corrected chi connectivity index (χ1v) is 7.77. The molecule has 0 atom stereocenters. The van der Waals surface area contributed by atoms with Crippen molar-refractivity contribution < 1.29 is 4.79 Å². The predicted octanol–water partition coefficient (Wildman–Crippen LogP) is 3.15. The van der Waals surface area contributed by atoms with Crippen LogP contribution in [0.25, 0.3) is 16.3 Å². The standard InChI is InChI=1S/C15H17N5OS/c1-9-6-5-7-10(8-9)11-17-18-14-20(11)19-13(22-14)16-12(21)15(2,3)4/h5-8H,1-4H3,(H,16,19,21). The van der Waals surface area contributed by atoms with Gasteiger partial charge >= 0.3 is 0 Å². The summed E-state index contributed by atoms with van der Waals surface area (Å²) in [6, 6.07) is 8.00. The molecule has 0 aliphatic rings. The molecular weight excluding hydrogens is 298 g/mol. The van der Waals surface area contributed by atoms with Crippen molar-refractivity contribution in [3.8, 4) is 11.4 Å². The largest absolute Gasteiger partial charge is 0.300 e. The fourth-order valence-electron chi connectivity index (χ4n) is 1.92. The van der Waals surface area contributed by atoms with Gasteiger partial charge in [-0.2, -0.15) is 4.52 Å². The van der Waals surface area contributed by atoms with E-state index >= 15 is 0 Å². The molecule has 2 heterocycles. The van der Waals surface area contributed by atoms with Crippen LogP contribution in [-0.4, -0.2) is 25.7 Å². The first-order valence-electron chi connectivity index (χ1n) is 6.95. The fourth-order valence-corrected chi connectivity index (χ4v) is 2.65. The smallest absolute Gasteiger partial charge is 0.236 e. The zero-order valence-electron chi connectivity index (χ0n) is 12.9. The number of rotatable bonds is 2. The van der Waals surface area contributed by atoms with Gasteiger partial charge in [0.05, 0.1) is 0 Å². The third-order valence-electron chi connectivity index (χ3n) is 3.17. The van der Waals surface area contributed by atoms with Crippen molar-refractivity contribution in [1.82, 2.24) is 19.8 Å². The molecule has 0 saturated carbocycles. The number of carbonyl (C=O) groups excluding carboxylic acids is 1. The summed E-state index contributed by atoms with van der Waals surface area (Å²) in [7, 11) is 0. The average molecular weight is 315 g/mol. The molecule has 114 valence electrons. The van der Waals surface area contributed by atoms with Crippen molar-refractivity contribution in [2.45, 2.75) is 27.7 Å². The maximum absolute atomic E-state index is 12.0. The van der Waals surface area contributed by atoms with Crippen molar-refractivity contribution in [3.05, 3.63) is 29.8 Å². The second-order valence-corrected chi connectivity index (χ2v) is 7.15. The summed E-state index contributed by atoms with van der Waals surface area (Å²) in [6.45, 7) is 7.61. The first kappa shape index (κ1) is 14.6.